The van der Waals surface area contributed by atoms with Gasteiger partial charge in [-0.2, -0.15) is 0 Å². The number of carbonyl (C=O) groups excluding carboxylic acids is 1. The number of rotatable bonds is 3. The molecule has 0 radical (unpaired) electrons. The molecule has 96 valence electrons. The average molecular weight is 333 g/mol. The van der Waals surface area contributed by atoms with Crippen LogP contribution >= 0.6 is 27.7 Å². The Kier molecular flexibility index (Phi) is 3.76. The minimum absolute atomic E-state index is 0.0600. The van der Waals surface area contributed by atoms with E-state index < -0.39 is 0 Å². The summed E-state index contributed by atoms with van der Waals surface area (Å²) in [6.45, 7) is 0. The molecular weight excluding hydrogens is 320 g/mol. The number of ketones is 1. The van der Waals surface area contributed by atoms with Gasteiger partial charge >= 0.3 is 0 Å². The van der Waals surface area contributed by atoms with Gasteiger partial charge in [-0.25, -0.2) is 0 Å². The van der Waals surface area contributed by atoms with Crippen molar-refractivity contribution in [2.75, 3.05) is 5.75 Å². The van der Waals surface area contributed by atoms with E-state index in [9.17, 15) is 4.79 Å². The Bertz CT molecular complexity index is 606. The zero-order valence-corrected chi connectivity index (χ0v) is 12.7. The summed E-state index contributed by atoms with van der Waals surface area (Å²) in [4.78, 5) is 13.7. The second kappa shape index (κ2) is 5.51. The second-order valence-corrected chi connectivity index (χ2v) is 6.65. The molecule has 1 heterocycles. The zero-order valence-electron chi connectivity index (χ0n) is 10.3. The van der Waals surface area contributed by atoms with Crippen molar-refractivity contribution in [1.82, 2.24) is 0 Å². The third kappa shape index (κ3) is 2.77. The van der Waals surface area contributed by atoms with Gasteiger partial charge < -0.3 is 0 Å². The quantitative estimate of drug-likeness (QED) is 0.825. The van der Waals surface area contributed by atoms with E-state index in [0.29, 0.717) is 12.2 Å². The van der Waals surface area contributed by atoms with E-state index in [1.54, 1.807) is 11.8 Å². The van der Waals surface area contributed by atoms with Crippen LogP contribution in [-0.4, -0.2) is 11.5 Å². The molecule has 0 saturated heterocycles. The third-order valence-corrected chi connectivity index (χ3v) is 5.09. The molecule has 3 heteroatoms. The highest BCUT2D eigenvalue weighted by molar-refractivity contribution is 9.10. The van der Waals surface area contributed by atoms with Crippen LogP contribution in [0.15, 0.2) is 57.9 Å². The van der Waals surface area contributed by atoms with Crippen molar-refractivity contribution in [3.05, 3.63) is 64.1 Å². The van der Waals surface area contributed by atoms with Gasteiger partial charge in [-0.15, -0.1) is 11.8 Å². The number of thioether (sulfide) groups is 1. The van der Waals surface area contributed by atoms with Crippen molar-refractivity contribution in [2.45, 2.75) is 17.2 Å². The lowest BCUT2D eigenvalue weighted by Crippen LogP contribution is -2.14. The van der Waals surface area contributed by atoms with Crippen LogP contribution in [0.1, 0.15) is 17.0 Å². The lowest BCUT2D eigenvalue weighted by molar-refractivity contribution is -0.119. The first-order chi connectivity index (χ1) is 9.24. The molecule has 19 heavy (non-hydrogen) atoms. The molecule has 0 amide bonds. The van der Waals surface area contributed by atoms with Gasteiger partial charge in [-0.05, 0) is 29.3 Å². The summed E-state index contributed by atoms with van der Waals surface area (Å²) in [6, 6.07) is 16.2. The van der Waals surface area contributed by atoms with Crippen LogP contribution in [0, 0.1) is 0 Å². The van der Waals surface area contributed by atoms with Crippen LogP contribution in [0.4, 0.5) is 0 Å². The largest absolute Gasteiger partial charge is 0.299 e. The first kappa shape index (κ1) is 12.9. The normalized spacial score (nSPS) is 17.2. The number of Topliss-reactive ketones (excluding diaryl/α,β-unsaturated/α-hetero) is 1. The van der Waals surface area contributed by atoms with E-state index in [2.05, 4.69) is 28.1 Å². The highest BCUT2D eigenvalue weighted by Gasteiger charge is 2.28. The van der Waals surface area contributed by atoms with Gasteiger partial charge in [0.15, 0.2) is 0 Å². The summed E-state index contributed by atoms with van der Waals surface area (Å²) >= 11 is 5.20. The molecule has 0 aromatic heterocycles. The lowest BCUT2D eigenvalue weighted by atomic mass is 9.93. The predicted octanol–water partition coefficient (Wildman–Crippen LogP) is 4.45. The molecule has 2 aromatic rings. The summed E-state index contributed by atoms with van der Waals surface area (Å²) in [6.07, 6.45) is 0.521. The first-order valence-electron chi connectivity index (χ1n) is 6.23. The maximum absolute atomic E-state index is 12.4. The minimum Gasteiger partial charge on any atom is -0.299 e. The second-order valence-electron chi connectivity index (χ2n) is 4.67. The van der Waals surface area contributed by atoms with Crippen molar-refractivity contribution in [2.24, 2.45) is 0 Å². The van der Waals surface area contributed by atoms with Crippen LogP contribution in [0.3, 0.4) is 0 Å². The van der Waals surface area contributed by atoms with Crippen LogP contribution in [0.25, 0.3) is 0 Å². The molecule has 3 rings (SSSR count). The minimum atomic E-state index is 0.0600. The summed E-state index contributed by atoms with van der Waals surface area (Å²) in [5, 5.41) is 0. The fourth-order valence-corrected chi connectivity index (χ4v) is 3.88. The SMILES string of the molecule is O=C(Cc1ccc(Br)cc1)C1CSc2ccccc21. The lowest BCUT2D eigenvalue weighted by Gasteiger charge is -2.09. The molecule has 1 nitrogen and oxygen atoms in total. The van der Waals surface area contributed by atoms with Gasteiger partial charge in [0.05, 0.1) is 5.92 Å². The Morgan fingerprint density at radius 3 is 2.68 bits per heavy atom. The molecule has 0 bridgehead atoms. The molecule has 0 spiro atoms. The van der Waals surface area contributed by atoms with E-state index in [1.807, 2.05) is 36.4 Å². The van der Waals surface area contributed by atoms with E-state index >= 15 is 0 Å². The van der Waals surface area contributed by atoms with E-state index in [-0.39, 0.29) is 5.92 Å². The number of hydrogen-bond acceptors (Lipinski definition) is 2. The van der Waals surface area contributed by atoms with E-state index in [0.717, 1.165) is 15.8 Å². The molecule has 0 fully saturated rings. The molecule has 1 unspecified atom stereocenters. The molecule has 2 aromatic carbocycles. The monoisotopic (exact) mass is 332 g/mol. The van der Waals surface area contributed by atoms with E-state index in [1.165, 1.54) is 10.5 Å². The smallest absolute Gasteiger partial charge is 0.145 e. The fourth-order valence-electron chi connectivity index (χ4n) is 2.36. The van der Waals surface area contributed by atoms with Crippen molar-refractivity contribution in [1.29, 1.82) is 0 Å². The molecule has 1 atom stereocenters. The Morgan fingerprint density at radius 2 is 1.89 bits per heavy atom. The Hall–Kier alpha value is -1.06. The highest BCUT2D eigenvalue weighted by Crippen LogP contribution is 2.40. The Labute approximate surface area is 125 Å². The molecule has 0 N–H and O–H groups in total. The fraction of sp³-hybridized carbons (Fsp3) is 0.188. The maximum atomic E-state index is 12.4. The zero-order chi connectivity index (χ0) is 13.2. The van der Waals surface area contributed by atoms with Crippen molar-refractivity contribution in [3.63, 3.8) is 0 Å². The van der Waals surface area contributed by atoms with E-state index in [4.69, 9.17) is 0 Å². The highest BCUT2D eigenvalue weighted by atomic mass is 79.9. The summed E-state index contributed by atoms with van der Waals surface area (Å²) < 4.78 is 1.05. The molecule has 0 saturated carbocycles. The maximum Gasteiger partial charge on any atom is 0.145 e. The van der Waals surface area contributed by atoms with Crippen molar-refractivity contribution in [3.8, 4) is 0 Å². The number of carbonyl (C=O) groups is 1. The molecule has 1 aliphatic heterocycles. The predicted molar refractivity (Wildman–Crippen MR) is 82.8 cm³/mol. The van der Waals surface area contributed by atoms with Crippen molar-refractivity contribution < 1.29 is 4.79 Å². The summed E-state index contributed by atoms with van der Waals surface area (Å²) in [5.41, 5.74) is 2.29. The van der Waals surface area contributed by atoms with Gasteiger partial charge in [0.2, 0.25) is 0 Å². The van der Waals surface area contributed by atoms with Crippen LogP contribution in [0.2, 0.25) is 0 Å². The van der Waals surface area contributed by atoms with Gasteiger partial charge in [-0.3, -0.25) is 4.79 Å². The molecular formula is C16H13BrOS. The molecule has 1 aliphatic rings. The number of fused-ring (bicyclic) bond motifs is 1. The van der Waals surface area contributed by atoms with Crippen LogP contribution < -0.4 is 0 Å². The van der Waals surface area contributed by atoms with Gasteiger partial charge in [0, 0.05) is 21.5 Å². The summed E-state index contributed by atoms with van der Waals surface area (Å²) in [5.74, 6) is 1.26. The number of benzene rings is 2. The Balaban J connectivity index is 1.77. The van der Waals surface area contributed by atoms with Gasteiger partial charge in [-0.1, -0.05) is 46.3 Å². The first-order valence-corrected chi connectivity index (χ1v) is 8.01. The third-order valence-electron chi connectivity index (χ3n) is 3.38. The van der Waals surface area contributed by atoms with Gasteiger partial charge in [0.25, 0.3) is 0 Å². The van der Waals surface area contributed by atoms with Gasteiger partial charge in [0.1, 0.15) is 5.78 Å². The number of hydrogen-bond donors (Lipinski definition) is 0. The molecule has 0 aliphatic carbocycles. The summed E-state index contributed by atoms with van der Waals surface area (Å²) in [7, 11) is 0. The number of halogens is 1. The van der Waals surface area contributed by atoms with Crippen LogP contribution in [-0.2, 0) is 11.2 Å². The topological polar surface area (TPSA) is 17.1 Å². The Morgan fingerprint density at radius 1 is 1.16 bits per heavy atom. The average Bonchev–Trinajstić information content (AvgIpc) is 2.85. The van der Waals surface area contributed by atoms with Crippen LogP contribution in [0.5, 0.6) is 0 Å². The van der Waals surface area contributed by atoms with Crippen molar-refractivity contribution >= 4 is 33.5 Å². The standard InChI is InChI=1S/C16H13BrOS/c17-12-7-5-11(6-8-12)9-15(18)14-10-19-16-4-2-1-3-13(14)16/h1-8,14H,9-10H2.